The summed E-state index contributed by atoms with van der Waals surface area (Å²) in [7, 11) is 0. The minimum atomic E-state index is 0.373. The van der Waals surface area contributed by atoms with Gasteiger partial charge in [-0.2, -0.15) is 0 Å². The van der Waals surface area contributed by atoms with Gasteiger partial charge in [-0.25, -0.2) is 9.97 Å². The molecule has 38 heavy (non-hydrogen) atoms. The molecule has 0 saturated carbocycles. The first-order valence-electron chi connectivity index (χ1n) is 13.4. The Labute approximate surface area is 219 Å². The molecule has 2 unspecified atom stereocenters. The Balaban J connectivity index is 1.34. The minimum Gasteiger partial charge on any atom is -0.355 e. The SMILES string of the molecule is C1=Cc2cc3ccc(cc4nc(cc5ccc(cc1n2)[nH]5)C1=C4C2CCC1c1cc4ccccc4cc12)[nH]3. The molecule has 2 atom stereocenters. The number of hydrogen-bond acceptors (Lipinski definition) is 2. The monoisotopic (exact) mass is 488 g/mol. The molecule has 2 aliphatic heterocycles. The number of nitrogens with one attached hydrogen (secondary N) is 2. The Morgan fingerprint density at radius 2 is 1.00 bits per heavy atom. The molecule has 3 aromatic heterocycles. The van der Waals surface area contributed by atoms with Crippen LogP contribution < -0.4 is 0 Å². The molecule has 2 N–H and O–H groups in total. The van der Waals surface area contributed by atoms with Gasteiger partial charge in [0, 0.05) is 33.9 Å². The summed E-state index contributed by atoms with van der Waals surface area (Å²) in [6, 6.07) is 30.8. The molecule has 4 nitrogen and oxygen atoms in total. The predicted octanol–water partition coefficient (Wildman–Crippen LogP) is 8.22. The summed E-state index contributed by atoms with van der Waals surface area (Å²) in [5.41, 5.74) is 14.1. The summed E-state index contributed by atoms with van der Waals surface area (Å²) in [4.78, 5) is 17.2. The van der Waals surface area contributed by atoms with E-state index in [9.17, 15) is 0 Å². The molecule has 10 rings (SSSR count). The average molecular weight is 489 g/mol. The zero-order valence-electron chi connectivity index (χ0n) is 20.7. The number of rotatable bonds is 0. The van der Waals surface area contributed by atoms with Gasteiger partial charge < -0.3 is 9.97 Å². The Bertz CT molecular complexity index is 1910. The fourth-order valence-corrected chi connectivity index (χ4v) is 6.97. The average Bonchev–Trinajstić information content (AvgIpc) is 3.73. The molecule has 0 spiro atoms. The second-order valence-corrected chi connectivity index (χ2v) is 10.8. The molecule has 0 radical (unpaired) electrons. The Kier molecular flexibility index (Phi) is 3.98. The van der Waals surface area contributed by atoms with Gasteiger partial charge in [0.05, 0.1) is 22.8 Å². The van der Waals surface area contributed by atoms with Crippen LogP contribution in [0, 0.1) is 0 Å². The maximum Gasteiger partial charge on any atom is 0.0699 e. The molecule has 0 saturated heterocycles. The molecule has 180 valence electrons. The fraction of sp³-hybridized carbons (Fsp3) is 0.118. The van der Waals surface area contributed by atoms with Crippen molar-refractivity contribution < 1.29 is 0 Å². The highest BCUT2D eigenvalue weighted by molar-refractivity contribution is 6.02. The molecule has 0 fully saturated rings. The Hall–Kier alpha value is -4.70. The zero-order chi connectivity index (χ0) is 24.8. The lowest BCUT2D eigenvalue weighted by Gasteiger charge is -2.40. The van der Waals surface area contributed by atoms with Crippen LogP contribution in [0.1, 0.15) is 58.6 Å². The van der Waals surface area contributed by atoms with Crippen molar-refractivity contribution in [3.63, 3.8) is 0 Å². The second kappa shape index (κ2) is 7.42. The Morgan fingerprint density at radius 3 is 1.50 bits per heavy atom. The van der Waals surface area contributed by atoms with Crippen LogP contribution in [0.15, 0.2) is 84.9 Å². The molecule has 2 aromatic carbocycles. The highest BCUT2D eigenvalue weighted by Crippen LogP contribution is 2.60. The standard InChI is InChI=1S/C34H24N4/c1-2-4-20-14-30-28-12-11-27(29(30)13-19(20)3-1)33-31-17-25-9-7-23(36-25)15-21-5-6-22(35-21)16-24-8-10-26(37-24)18-32(38-31)34(28)33/h1-10,13-18,27-28,36-37H,11-12H2. The maximum absolute atomic E-state index is 5.31. The molecule has 0 amide bonds. The van der Waals surface area contributed by atoms with Crippen LogP contribution in [0.2, 0.25) is 0 Å². The summed E-state index contributed by atoms with van der Waals surface area (Å²) >= 11 is 0. The largest absolute Gasteiger partial charge is 0.355 e. The first kappa shape index (κ1) is 20.4. The van der Waals surface area contributed by atoms with E-state index in [1.807, 2.05) is 0 Å². The predicted molar refractivity (Wildman–Crippen MR) is 155 cm³/mol. The third-order valence-electron chi connectivity index (χ3n) is 8.56. The van der Waals surface area contributed by atoms with Crippen molar-refractivity contribution in [2.45, 2.75) is 24.7 Å². The first-order chi connectivity index (χ1) is 18.7. The number of aromatic amines is 2. The quantitative estimate of drug-likeness (QED) is 0.226. The van der Waals surface area contributed by atoms with Gasteiger partial charge in [0.15, 0.2) is 0 Å². The summed E-state index contributed by atoms with van der Waals surface area (Å²) in [6.45, 7) is 0. The molecule has 4 heteroatoms. The number of hydrogen-bond donors (Lipinski definition) is 2. The van der Waals surface area contributed by atoms with Crippen molar-refractivity contribution in [3.05, 3.63) is 119 Å². The summed E-state index contributed by atoms with van der Waals surface area (Å²) in [5, 5.41) is 2.65. The van der Waals surface area contributed by atoms with E-state index in [2.05, 4.69) is 107 Å². The molecule has 5 aliphatic rings. The number of nitrogens with zero attached hydrogens (tertiary/aromatic N) is 2. The highest BCUT2D eigenvalue weighted by atomic mass is 14.8. The number of allylic oxidation sites excluding steroid dienone is 2. The molecule has 3 aliphatic carbocycles. The lowest BCUT2D eigenvalue weighted by molar-refractivity contribution is 0.581. The topological polar surface area (TPSA) is 57.4 Å². The normalized spacial score (nSPS) is 19.2. The van der Waals surface area contributed by atoms with Crippen LogP contribution in [0.25, 0.3) is 56.1 Å². The smallest absolute Gasteiger partial charge is 0.0699 e. The van der Waals surface area contributed by atoms with E-state index in [1.165, 1.54) is 45.9 Å². The number of aromatic nitrogens is 4. The molecule has 5 heterocycles. The third kappa shape index (κ3) is 2.97. The number of H-pyrrole nitrogens is 2. The molecular formula is C34H24N4. The van der Waals surface area contributed by atoms with Gasteiger partial charge in [0.2, 0.25) is 0 Å². The van der Waals surface area contributed by atoms with Gasteiger partial charge in [-0.3, -0.25) is 0 Å². The minimum absolute atomic E-state index is 0.373. The van der Waals surface area contributed by atoms with E-state index in [0.29, 0.717) is 11.8 Å². The fourth-order valence-electron chi connectivity index (χ4n) is 6.97. The van der Waals surface area contributed by atoms with E-state index in [-0.39, 0.29) is 0 Å². The van der Waals surface area contributed by atoms with Crippen LogP contribution in [-0.2, 0) is 0 Å². The van der Waals surface area contributed by atoms with E-state index in [1.54, 1.807) is 0 Å². The van der Waals surface area contributed by atoms with E-state index in [0.717, 1.165) is 44.8 Å². The number of benzene rings is 2. The van der Waals surface area contributed by atoms with Crippen LogP contribution in [0.5, 0.6) is 0 Å². The van der Waals surface area contributed by atoms with Crippen LogP contribution in [-0.4, -0.2) is 19.9 Å². The van der Waals surface area contributed by atoms with Gasteiger partial charge >= 0.3 is 0 Å². The third-order valence-corrected chi connectivity index (χ3v) is 8.56. The lowest BCUT2D eigenvalue weighted by atomic mass is 9.63. The van der Waals surface area contributed by atoms with Crippen LogP contribution in [0.3, 0.4) is 0 Å². The van der Waals surface area contributed by atoms with Crippen molar-refractivity contribution in [2.24, 2.45) is 0 Å². The number of fused-ring (bicyclic) bond motifs is 10. The van der Waals surface area contributed by atoms with Crippen LogP contribution in [0.4, 0.5) is 0 Å². The molecule has 10 bridgehead atoms. The van der Waals surface area contributed by atoms with Crippen LogP contribution >= 0.6 is 0 Å². The highest BCUT2D eigenvalue weighted by Gasteiger charge is 2.43. The maximum atomic E-state index is 5.31. The van der Waals surface area contributed by atoms with Gasteiger partial charge in [0.25, 0.3) is 0 Å². The van der Waals surface area contributed by atoms with E-state index in [4.69, 9.17) is 9.97 Å². The van der Waals surface area contributed by atoms with Gasteiger partial charge in [-0.1, -0.05) is 36.4 Å². The van der Waals surface area contributed by atoms with Crippen molar-refractivity contribution in [2.75, 3.05) is 0 Å². The summed E-state index contributed by atoms with van der Waals surface area (Å²) in [6.07, 6.45) is 6.46. The second-order valence-electron chi connectivity index (χ2n) is 10.8. The van der Waals surface area contributed by atoms with E-state index < -0.39 is 0 Å². The van der Waals surface area contributed by atoms with E-state index >= 15 is 0 Å². The van der Waals surface area contributed by atoms with Crippen molar-refractivity contribution in [1.29, 1.82) is 0 Å². The van der Waals surface area contributed by atoms with Gasteiger partial charge in [0.1, 0.15) is 0 Å². The lowest BCUT2D eigenvalue weighted by Crippen LogP contribution is -2.22. The van der Waals surface area contributed by atoms with Gasteiger partial charge in [-0.05, 0) is 107 Å². The van der Waals surface area contributed by atoms with Gasteiger partial charge in [-0.15, -0.1) is 0 Å². The Morgan fingerprint density at radius 1 is 0.526 bits per heavy atom. The van der Waals surface area contributed by atoms with Crippen molar-refractivity contribution in [3.8, 4) is 0 Å². The summed E-state index contributed by atoms with van der Waals surface area (Å²) < 4.78 is 0. The molecular weight excluding hydrogens is 464 g/mol. The first-order valence-corrected chi connectivity index (χ1v) is 13.4. The molecule has 5 aromatic rings. The summed E-state index contributed by atoms with van der Waals surface area (Å²) in [5.74, 6) is 0.746. The van der Waals surface area contributed by atoms with Crippen molar-refractivity contribution in [1.82, 2.24) is 19.9 Å². The van der Waals surface area contributed by atoms with Crippen molar-refractivity contribution >= 4 is 56.1 Å². The zero-order valence-corrected chi connectivity index (χ0v) is 20.7.